The van der Waals surface area contributed by atoms with Crippen molar-refractivity contribution in [1.82, 2.24) is 9.36 Å². The number of ketones is 1. The number of nitrogens with two attached hydrogens (primary N) is 1. The van der Waals surface area contributed by atoms with Gasteiger partial charge in [-0.05, 0) is 12.8 Å². The van der Waals surface area contributed by atoms with Crippen LogP contribution < -0.4 is 11.3 Å². The summed E-state index contributed by atoms with van der Waals surface area (Å²) in [6.45, 7) is 1.27. The fourth-order valence-electron chi connectivity index (χ4n) is 2.71. The molecular formula is C14H17N5O3. The first-order valence-electron chi connectivity index (χ1n) is 7.07. The number of fused-ring (bicyclic) bond motifs is 1. The summed E-state index contributed by atoms with van der Waals surface area (Å²) in [6.07, 6.45) is 3.17. The van der Waals surface area contributed by atoms with Crippen molar-refractivity contribution in [2.24, 2.45) is 4.99 Å². The third kappa shape index (κ3) is 2.16. The third-order valence-electron chi connectivity index (χ3n) is 3.88. The molecular weight excluding hydrogens is 286 g/mol. The number of aliphatic imine (C=N–C) groups is 1. The number of aromatic nitrogens is 2. The molecule has 1 aliphatic heterocycles. The van der Waals surface area contributed by atoms with E-state index in [0.29, 0.717) is 13.1 Å². The normalized spacial score (nSPS) is 20.0. The second-order valence-corrected chi connectivity index (χ2v) is 5.28. The molecule has 0 saturated carbocycles. The van der Waals surface area contributed by atoms with Crippen LogP contribution in [0.2, 0.25) is 0 Å². The van der Waals surface area contributed by atoms with Crippen molar-refractivity contribution in [3.05, 3.63) is 22.2 Å². The molecule has 116 valence electrons. The Morgan fingerprint density at radius 2 is 1.95 bits per heavy atom. The van der Waals surface area contributed by atoms with Crippen molar-refractivity contribution >= 4 is 28.7 Å². The van der Waals surface area contributed by atoms with Crippen LogP contribution >= 0.6 is 0 Å². The number of hydrogen-bond acceptors (Lipinski definition) is 6. The van der Waals surface area contributed by atoms with Crippen LogP contribution in [0.3, 0.4) is 0 Å². The number of ether oxygens (including phenoxy) is 1. The Labute approximate surface area is 126 Å². The Morgan fingerprint density at radius 3 is 2.59 bits per heavy atom. The number of allylic oxidation sites excluding steroid dienone is 2. The first-order valence-corrected chi connectivity index (χ1v) is 7.07. The number of hydrogen-bond donors (Lipinski definition) is 2. The van der Waals surface area contributed by atoms with Gasteiger partial charge in [-0.15, -0.1) is 0 Å². The van der Waals surface area contributed by atoms with Gasteiger partial charge in [0, 0.05) is 19.2 Å². The molecule has 2 heterocycles. The summed E-state index contributed by atoms with van der Waals surface area (Å²) in [4.78, 5) is 28.6. The maximum Gasteiger partial charge on any atom is 0.294 e. The van der Waals surface area contributed by atoms with Gasteiger partial charge in [-0.1, -0.05) is 0 Å². The van der Waals surface area contributed by atoms with Gasteiger partial charge in [-0.2, -0.15) is 0 Å². The van der Waals surface area contributed by atoms with E-state index >= 15 is 0 Å². The van der Waals surface area contributed by atoms with Crippen molar-refractivity contribution in [3.63, 3.8) is 0 Å². The largest absolute Gasteiger partial charge is 0.495 e. The van der Waals surface area contributed by atoms with Gasteiger partial charge in [0.15, 0.2) is 17.3 Å². The molecule has 0 spiro atoms. The standard InChI is InChI=1S/C14H17N5O3/c1-22-11-7-9(10(20)6-8(11)15)17-12-13(16)18-4-2-3-5-19(18)14(12)21/h7,15H,2-6,16H2,1H3. The summed E-state index contributed by atoms with van der Waals surface area (Å²) < 4.78 is 8.32. The molecule has 0 aromatic carbocycles. The van der Waals surface area contributed by atoms with Crippen LogP contribution in [0.15, 0.2) is 21.6 Å². The van der Waals surface area contributed by atoms with E-state index in [1.54, 1.807) is 9.36 Å². The van der Waals surface area contributed by atoms with Crippen LogP contribution in [-0.4, -0.2) is 33.7 Å². The highest BCUT2D eigenvalue weighted by Crippen LogP contribution is 2.23. The zero-order chi connectivity index (χ0) is 15.9. The molecule has 0 amide bonds. The number of nitrogens with one attached hydrogen (secondary N) is 1. The highest BCUT2D eigenvalue weighted by molar-refractivity contribution is 6.50. The van der Waals surface area contributed by atoms with Crippen LogP contribution in [0.4, 0.5) is 11.5 Å². The van der Waals surface area contributed by atoms with Gasteiger partial charge >= 0.3 is 0 Å². The highest BCUT2D eigenvalue weighted by atomic mass is 16.5. The Kier molecular flexibility index (Phi) is 3.44. The van der Waals surface area contributed by atoms with Crippen LogP contribution in [0.1, 0.15) is 19.3 Å². The molecule has 0 saturated heterocycles. The van der Waals surface area contributed by atoms with E-state index in [9.17, 15) is 9.59 Å². The average molecular weight is 303 g/mol. The topological polar surface area (TPSA) is 115 Å². The van der Waals surface area contributed by atoms with Crippen molar-refractivity contribution in [2.45, 2.75) is 32.4 Å². The molecule has 22 heavy (non-hydrogen) atoms. The molecule has 3 N–H and O–H groups in total. The van der Waals surface area contributed by atoms with Gasteiger partial charge in [0.25, 0.3) is 5.56 Å². The molecule has 2 aliphatic rings. The molecule has 0 unspecified atom stereocenters. The number of nitrogen functional groups attached to an aromatic ring is 1. The number of Topliss-reactive ketones (excluding diaryl/α,β-unsaturated/α-hetero) is 1. The van der Waals surface area contributed by atoms with Gasteiger partial charge in [-0.25, -0.2) is 9.67 Å². The first kappa shape index (κ1) is 14.3. The third-order valence-corrected chi connectivity index (χ3v) is 3.88. The Balaban J connectivity index is 2.11. The SMILES string of the molecule is COC1=CC(=Nc2c(N)n3n(c2=O)CCCC3)C(=O)CC1=N. The molecule has 0 fully saturated rings. The lowest BCUT2D eigenvalue weighted by atomic mass is 10.0. The number of rotatable bonds is 2. The summed E-state index contributed by atoms with van der Waals surface area (Å²) in [5.41, 5.74) is 6.01. The minimum absolute atomic E-state index is 0.0883. The van der Waals surface area contributed by atoms with E-state index in [1.165, 1.54) is 13.2 Å². The minimum Gasteiger partial charge on any atom is -0.495 e. The Morgan fingerprint density at radius 1 is 1.27 bits per heavy atom. The highest BCUT2D eigenvalue weighted by Gasteiger charge is 2.25. The van der Waals surface area contributed by atoms with Gasteiger partial charge < -0.3 is 15.9 Å². The predicted octanol–water partition coefficient (Wildman–Crippen LogP) is 0.621. The van der Waals surface area contributed by atoms with E-state index in [4.69, 9.17) is 15.9 Å². The number of nitrogens with zero attached hydrogens (tertiary/aromatic N) is 3. The van der Waals surface area contributed by atoms with E-state index in [2.05, 4.69) is 4.99 Å². The smallest absolute Gasteiger partial charge is 0.294 e. The fraction of sp³-hybridized carbons (Fsp3) is 0.429. The van der Waals surface area contributed by atoms with Crippen molar-refractivity contribution in [3.8, 4) is 0 Å². The summed E-state index contributed by atoms with van der Waals surface area (Å²) >= 11 is 0. The lowest BCUT2D eigenvalue weighted by molar-refractivity contribution is -0.111. The number of anilines is 1. The fourth-order valence-corrected chi connectivity index (χ4v) is 2.71. The average Bonchev–Trinajstić information content (AvgIpc) is 2.75. The second-order valence-electron chi connectivity index (χ2n) is 5.28. The second kappa shape index (κ2) is 5.28. The lowest BCUT2D eigenvalue weighted by Crippen LogP contribution is -2.27. The molecule has 1 aliphatic carbocycles. The van der Waals surface area contributed by atoms with Crippen LogP contribution in [0, 0.1) is 5.41 Å². The molecule has 0 radical (unpaired) electrons. The quantitative estimate of drug-likeness (QED) is 0.833. The van der Waals surface area contributed by atoms with E-state index in [-0.39, 0.29) is 46.5 Å². The van der Waals surface area contributed by atoms with Crippen molar-refractivity contribution in [1.29, 1.82) is 5.41 Å². The monoisotopic (exact) mass is 303 g/mol. The predicted molar refractivity (Wildman–Crippen MR) is 81.9 cm³/mol. The Hall–Kier alpha value is -2.64. The maximum atomic E-state index is 12.4. The van der Waals surface area contributed by atoms with Gasteiger partial charge in [0.2, 0.25) is 0 Å². The van der Waals surface area contributed by atoms with E-state index in [0.717, 1.165) is 12.8 Å². The zero-order valence-corrected chi connectivity index (χ0v) is 12.3. The maximum absolute atomic E-state index is 12.4. The number of carbonyl (C=O) groups excluding carboxylic acids is 1. The lowest BCUT2D eigenvalue weighted by Gasteiger charge is -2.17. The van der Waals surface area contributed by atoms with E-state index < -0.39 is 0 Å². The Bertz CT molecular complexity index is 781. The van der Waals surface area contributed by atoms with Crippen LogP contribution in [-0.2, 0) is 22.6 Å². The molecule has 1 aromatic heterocycles. The minimum atomic E-state index is -0.321. The van der Waals surface area contributed by atoms with Gasteiger partial charge in [-0.3, -0.25) is 14.3 Å². The van der Waals surface area contributed by atoms with Crippen LogP contribution in [0.5, 0.6) is 0 Å². The molecule has 0 bridgehead atoms. The summed E-state index contributed by atoms with van der Waals surface area (Å²) in [6, 6.07) is 0. The molecule has 0 atom stereocenters. The van der Waals surface area contributed by atoms with Crippen molar-refractivity contribution in [2.75, 3.05) is 12.8 Å². The van der Waals surface area contributed by atoms with Crippen LogP contribution in [0.25, 0.3) is 0 Å². The van der Waals surface area contributed by atoms with E-state index in [1.807, 2.05) is 0 Å². The van der Waals surface area contributed by atoms with Gasteiger partial charge in [0.1, 0.15) is 11.5 Å². The van der Waals surface area contributed by atoms with Gasteiger partial charge in [0.05, 0.1) is 19.2 Å². The molecule has 8 nitrogen and oxygen atoms in total. The number of methoxy groups -OCH3 is 1. The summed E-state index contributed by atoms with van der Waals surface area (Å²) in [7, 11) is 1.42. The van der Waals surface area contributed by atoms with Crippen molar-refractivity contribution < 1.29 is 9.53 Å². The molecule has 1 aromatic rings. The number of carbonyl (C=O) groups is 1. The molecule has 8 heteroatoms. The first-order chi connectivity index (χ1) is 10.5. The molecule has 3 rings (SSSR count). The summed E-state index contributed by atoms with van der Waals surface area (Å²) in [5.74, 6) is 0.234. The zero-order valence-electron chi connectivity index (χ0n) is 12.3. The summed E-state index contributed by atoms with van der Waals surface area (Å²) in [5, 5.41) is 7.67.